The third-order valence-electron chi connectivity index (χ3n) is 4.57. The van der Waals surface area contributed by atoms with Gasteiger partial charge in [-0.2, -0.15) is 5.10 Å². The van der Waals surface area contributed by atoms with Gasteiger partial charge in [-0.15, -0.1) is 16.4 Å². The number of aromatic nitrogens is 5. The van der Waals surface area contributed by atoms with Crippen molar-refractivity contribution >= 4 is 22.5 Å². The van der Waals surface area contributed by atoms with Crippen molar-refractivity contribution in [3.8, 4) is 5.82 Å². The minimum atomic E-state index is -0.130. The SMILES string of the molecule is O=C(Nc1nccs1)N1CCC(Cn2nc(-n3cccn3)ccc2=O)CC1. The summed E-state index contributed by atoms with van der Waals surface area (Å²) in [5.74, 6) is 0.909. The van der Waals surface area contributed by atoms with Crippen molar-refractivity contribution in [2.24, 2.45) is 5.92 Å². The molecule has 0 bridgehead atoms. The highest BCUT2D eigenvalue weighted by Crippen LogP contribution is 2.20. The number of likely N-dealkylation sites (tertiary alicyclic amines) is 1. The van der Waals surface area contributed by atoms with Crippen LogP contribution in [0, 0.1) is 5.92 Å². The first-order valence-electron chi connectivity index (χ1n) is 8.72. The molecule has 1 aliphatic heterocycles. The third kappa shape index (κ3) is 4.05. The maximum absolute atomic E-state index is 12.3. The molecule has 0 radical (unpaired) electrons. The van der Waals surface area contributed by atoms with Crippen LogP contribution in [-0.4, -0.2) is 48.6 Å². The summed E-state index contributed by atoms with van der Waals surface area (Å²) in [4.78, 5) is 30.3. The van der Waals surface area contributed by atoms with Gasteiger partial charge in [-0.3, -0.25) is 10.1 Å². The molecule has 27 heavy (non-hydrogen) atoms. The predicted molar refractivity (Wildman–Crippen MR) is 101 cm³/mol. The lowest BCUT2D eigenvalue weighted by Gasteiger charge is -2.31. The van der Waals surface area contributed by atoms with Crippen LogP contribution < -0.4 is 10.9 Å². The van der Waals surface area contributed by atoms with E-state index < -0.39 is 0 Å². The van der Waals surface area contributed by atoms with Crippen LogP contribution in [0.5, 0.6) is 0 Å². The van der Waals surface area contributed by atoms with Crippen molar-refractivity contribution in [3.05, 3.63) is 52.5 Å². The van der Waals surface area contributed by atoms with Crippen LogP contribution in [0.2, 0.25) is 0 Å². The molecule has 0 unspecified atom stereocenters. The fraction of sp³-hybridized carbons (Fsp3) is 0.353. The molecule has 140 valence electrons. The monoisotopic (exact) mass is 385 g/mol. The van der Waals surface area contributed by atoms with Crippen LogP contribution in [0.4, 0.5) is 9.93 Å². The highest BCUT2D eigenvalue weighted by Gasteiger charge is 2.24. The fourth-order valence-corrected chi connectivity index (χ4v) is 3.63. The third-order valence-corrected chi connectivity index (χ3v) is 5.26. The Labute approximate surface area is 159 Å². The standard InChI is InChI=1S/C17H19N7O2S/c25-15-3-2-14(23-8-1-6-19-23)21-24(15)12-13-4-9-22(10-5-13)17(26)20-16-18-7-11-27-16/h1-3,6-8,11,13H,4-5,9-10,12H2,(H,18,20,26). The predicted octanol–water partition coefficient (Wildman–Crippen LogP) is 1.83. The van der Waals surface area contributed by atoms with Crippen molar-refractivity contribution < 1.29 is 4.79 Å². The van der Waals surface area contributed by atoms with Gasteiger partial charge in [0.2, 0.25) is 0 Å². The first-order valence-corrected chi connectivity index (χ1v) is 9.60. The molecule has 1 fully saturated rings. The first-order chi connectivity index (χ1) is 13.2. The Bertz CT molecular complexity index is 944. The number of urea groups is 1. The second-order valence-corrected chi connectivity index (χ2v) is 7.25. The highest BCUT2D eigenvalue weighted by molar-refractivity contribution is 7.13. The van der Waals surface area contributed by atoms with Gasteiger partial charge in [-0.1, -0.05) is 0 Å². The smallest absolute Gasteiger partial charge is 0.323 e. The van der Waals surface area contributed by atoms with Crippen LogP contribution in [0.25, 0.3) is 5.82 Å². The van der Waals surface area contributed by atoms with Crippen molar-refractivity contribution in [2.75, 3.05) is 18.4 Å². The molecule has 4 rings (SSSR count). The van der Waals surface area contributed by atoms with Crippen molar-refractivity contribution in [3.63, 3.8) is 0 Å². The van der Waals surface area contributed by atoms with E-state index in [1.807, 2.05) is 11.4 Å². The second-order valence-electron chi connectivity index (χ2n) is 6.36. The zero-order valence-electron chi connectivity index (χ0n) is 14.6. The van der Waals surface area contributed by atoms with Gasteiger partial charge >= 0.3 is 6.03 Å². The number of piperidine rings is 1. The molecular formula is C17H19N7O2S. The summed E-state index contributed by atoms with van der Waals surface area (Å²) in [6, 6.07) is 4.86. The Balaban J connectivity index is 1.36. The Morgan fingerprint density at radius 2 is 2.11 bits per heavy atom. The van der Waals surface area contributed by atoms with Crippen LogP contribution in [0.1, 0.15) is 12.8 Å². The summed E-state index contributed by atoms with van der Waals surface area (Å²) in [7, 11) is 0. The number of thiazole rings is 1. The van der Waals surface area contributed by atoms with E-state index in [0.29, 0.717) is 36.5 Å². The second kappa shape index (κ2) is 7.70. The summed E-state index contributed by atoms with van der Waals surface area (Å²) in [6.45, 7) is 1.83. The normalized spacial score (nSPS) is 15.0. The number of hydrogen-bond donors (Lipinski definition) is 1. The van der Waals surface area contributed by atoms with Crippen LogP contribution in [-0.2, 0) is 6.54 Å². The van der Waals surface area contributed by atoms with Gasteiger partial charge in [0.1, 0.15) is 0 Å². The van der Waals surface area contributed by atoms with Gasteiger partial charge in [-0.25, -0.2) is 19.1 Å². The number of anilines is 1. The van der Waals surface area contributed by atoms with Crippen LogP contribution >= 0.6 is 11.3 Å². The lowest BCUT2D eigenvalue weighted by Crippen LogP contribution is -2.42. The molecule has 0 aliphatic carbocycles. The summed E-state index contributed by atoms with van der Waals surface area (Å²) >= 11 is 1.40. The van der Waals surface area contributed by atoms with E-state index in [1.54, 1.807) is 34.2 Å². The van der Waals surface area contributed by atoms with E-state index in [2.05, 4.69) is 20.5 Å². The number of amides is 2. The van der Waals surface area contributed by atoms with E-state index >= 15 is 0 Å². The van der Waals surface area contributed by atoms with Crippen LogP contribution in [0.3, 0.4) is 0 Å². The van der Waals surface area contributed by atoms with Gasteiger partial charge in [-0.05, 0) is 30.9 Å². The quantitative estimate of drug-likeness (QED) is 0.739. The molecule has 0 saturated carbocycles. The van der Waals surface area contributed by atoms with Gasteiger partial charge in [0.25, 0.3) is 5.56 Å². The van der Waals surface area contributed by atoms with E-state index in [1.165, 1.54) is 22.1 Å². The Morgan fingerprint density at radius 3 is 2.81 bits per heavy atom. The molecule has 9 nitrogen and oxygen atoms in total. The van der Waals surface area contributed by atoms with Gasteiger partial charge in [0, 0.05) is 49.7 Å². The molecule has 0 spiro atoms. The molecule has 4 heterocycles. The molecule has 1 aliphatic rings. The minimum Gasteiger partial charge on any atom is -0.324 e. The van der Waals surface area contributed by atoms with Gasteiger partial charge in [0.15, 0.2) is 10.9 Å². The number of nitrogens with zero attached hydrogens (tertiary/aromatic N) is 6. The average molecular weight is 385 g/mol. The molecule has 0 aromatic carbocycles. The molecule has 0 atom stereocenters. The molecule has 2 amide bonds. The van der Waals surface area contributed by atoms with E-state index in [0.717, 1.165) is 12.8 Å². The zero-order chi connectivity index (χ0) is 18.6. The molecule has 1 saturated heterocycles. The lowest BCUT2D eigenvalue weighted by molar-refractivity contribution is 0.174. The van der Waals surface area contributed by atoms with E-state index in [9.17, 15) is 9.59 Å². The maximum Gasteiger partial charge on any atom is 0.323 e. The molecule has 1 N–H and O–H groups in total. The van der Waals surface area contributed by atoms with Crippen molar-refractivity contribution in [1.29, 1.82) is 0 Å². The van der Waals surface area contributed by atoms with Crippen molar-refractivity contribution in [2.45, 2.75) is 19.4 Å². The molecule has 3 aromatic heterocycles. The largest absolute Gasteiger partial charge is 0.324 e. The number of nitrogens with one attached hydrogen (secondary N) is 1. The number of rotatable bonds is 4. The van der Waals surface area contributed by atoms with E-state index in [-0.39, 0.29) is 11.6 Å². The first kappa shape index (κ1) is 17.4. The van der Waals surface area contributed by atoms with Crippen molar-refractivity contribution in [1.82, 2.24) is 29.4 Å². The average Bonchev–Trinajstić information content (AvgIpc) is 3.38. The summed E-state index contributed by atoms with van der Waals surface area (Å²) < 4.78 is 3.12. The molecule has 3 aromatic rings. The molecular weight excluding hydrogens is 366 g/mol. The Hall–Kier alpha value is -3.01. The van der Waals surface area contributed by atoms with Gasteiger partial charge < -0.3 is 4.90 Å². The number of carbonyl (C=O) groups is 1. The van der Waals surface area contributed by atoms with Crippen LogP contribution in [0.15, 0.2) is 47.0 Å². The summed E-state index contributed by atoms with van der Waals surface area (Å²) in [6.07, 6.45) is 6.77. The Morgan fingerprint density at radius 1 is 1.26 bits per heavy atom. The number of carbonyl (C=O) groups excluding carboxylic acids is 1. The Kier molecular flexibility index (Phi) is 4.97. The minimum absolute atomic E-state index is 0.126. The van der Waals surface area contributed by atoms with E-state index in [4.69, 9.17) is 0 Å². The number of hydrogen-bond acceptors (Lipinski definition) is 6. The zero-order valence-corrected chi connectivity index (χ0v) is 15.4. The topological polar surface area (TPSA) is 97.9 Å². The molecule has 10 heteroatoms. The fourth-order valence-electron chi connectivity index (χ4n) is 3.11. The summed E-state index contributed by atoms with van der Waals surface area (Å²) in [5, 5.41) is 13.8. The lowest BCUT2D eigenvalue weighted by atomic mass is 9.97. The highest BCUT2D eigenvalue weighted by atomic mass is 32.1. The summed E-state index contributed by atoms with van der Waals surface area (Å²) in [5.41, 5.74) is -0.130. The van der Waals surface area contributed by atoms with Gasteiger partial charge in [0.05, 0.1) is 0 Å². The maximum atomic E-state index is 12.3.